The maximum Gasteiger partial charge on any atom is 0.225 e. The number of pyridine rings is 1. The number of halogens is 3. The first-order chi connectivity index (χ1) is 20.0. The predicted octanol–water partition coefficient (Wildman–Crippen LogP) is 4.30. The lowest BCUT2D eigenvalue weighted by molar-refractivity contribution is -0.116. The highest BCUT2D eigenvalue weighted by atomic mass is 35.5. The average molecular weight is 619 g/mol. The van der Waals surface area contributed by atoms with Gasteiger partial charge in [-0.2, -0.15) is 0 Å². The minimum absolute atomic E-state index is 0.0683. The molecule has 42 heavy (non-hydrogen) atoms. The van der Waals surface area contributed by atoms with Gasteiger partial charge >= 0.3 is 0 Å². The van der Waals surface area contributed by atoms with Crippen LogP contribution in [0.1, 0.15) is 42.4 Å². The summed E-state index contributed by atoms with van der Waals surface area (Å²) < 4.78 is 56.8. The van der Waals surface area contributed by atoms with Crippen LogP contribution >= 0.6 is 11.6 Å². The number of anilines is 1. The number of nitrogens with one attached hydrogen (secondary N) is 3. The van der Waals surface area contributed by atoms with Gasteiger partial charge in [-0.15, -0.1) is 0 Å². The molecule has 4 N–H and O–H groups in total. The summed E-state index contributed by atoms with van der Waals surface area (Å²) in [5.74, 6) is -2.02. The second kappa shape index (κ2) is 14.3. The van der Waals surface area contributed by atoms with Crippen LogP contribution in [0.3, 0.4) is 0 Å². The fourth-order valence-electron chi connectivity index (χ4n) is 4.61. The SMILES string of the molecule is CC(O)CNC[C@H](CCc1c(F)cncc1NC(=O)C[C@@H](c1ccc(Cl)cc1)c1cccc(F)c1)NS(=O)(=O)C1C=C1. The van der Waals surface area contributed by atoms with Crippen molar-refractivity contribution in [2.75, 3.05) is 18.4 Å². The van der Waals surface area contributed by atoms with Gasteiger partial charge in [-0.1, -0.05) is 48.0 Å². The largest absolute Gasteiger partial charge is 0.392 e. The molecule has 1 unspecified atom stereocenters. The fraction of sp³-hybridized carbons (Fsp3) is 0.333. The normalized spacial score (nSPS) is 15.3. The fourth-order valence-corrected chi connectivity index (χ4v) is 6.06. The highest BCUT2D eigenvalue weighted by Gasteiger charge is 2.30. The van der Waals surface area contributed by atoms with E-state index in [2.05, 4.69) is 20.3 Å². The minimum atomic E-state index is -3.63. The molecule has 1 aromatic heterocycles. The van der Waals surface area contributed by atoms with Crippen molar-refractivity contribution in [1.29, 1.82) is 0 Å². The molecule has 0 aliphatic heterocycles. The Morgan fingerprint density at radius 1 is 1.07 bits per heavy atom. The van der Waals surface area contributed by atoms with Gasteiger partial charge in [0.25, 0.3) is 0 Å². The lowest BCUT2D eigenvalue weighted by Gasteiger charge is -2.21. The minimum Gasteiger partial charge on any atom is -0.392 e. The summed E-state index contributed by atoms with van der Waals surface area (Å²) in [5, 5.41) is 15.2. The van der Waals surface area contributed by atoms with Crippen LogP contribution < -0.4 is 15.4 Å². The van der Waals surface area contributed by atoms with Crippen LogP contribution in [0.15, 0.2) is 73.1 Å². The van der Waals surface area contributed by atoms with E-state index in [1.165, 1.54) is 18.3 Å². The molecule has 0 saturated carbocycles. The van der Waals surface area contributed by atoms with Crippen molar-refractivity contribution < 1.29 is 27.1 Å². The highest BCUT2D eigenvalue weighted by molar-refractivity contribution is 7.90. The van der Waals surface area contributed by atoms with Gasteiger partial charge in [0, 0.05) is 42.1 Å². The Labute approximate surface area is 249 Å². The average Bonchev–Trinajstić information content (AvgIpc) is 3.78. The van der Waals surface area contributed by atoms with Crippen LogP contribution in [0.25, 0.3) is 0 Å². The highest BCUT2D eigenvalue weighted by Crippen LogP contribution is 2.30. The van der Waals surface area contributed by atoms with E-state index in [4.69, 9.17) is 11.6 Å². The van der Waals surface area contributed by atoms with Crippen molar-refractivity contribution in [1.82, 2.24) is 15.0 Å². The zero-order chi connectivity index (χ0) is 30.3. The Balaban J connectivity index is 1.49. The number of rotatable bonds is 15. The van der Waals surface area contributed by atoms with Gasteiger partial charge < -0.3 is 15.7 Å². The molecule has 3 atom stereocenters. The van der Waals surface area contributed by atoms with E-state index >= 15 is 0 Å². The summed E-state index contributed by atoms with van der Waals surface area (Å²) in [6.45, 7) is 2.07. The smallest absolute Gasteiger partial charge is 0.225 e. The number of amides is 1. The van der Waals surface area contributed by atoms with Crippen LogP contribution in [-0.4, -0.2) is 54.9 Å². The molecule has 0 radical (unpaired) electrons. The van der Waals surface area contributed by atoms with E-state index in [0.29, 0.717) is 10.6 Å². The van der Waals surface area contributed by atoms with Gasteiger partial charge in [-0.3, -0.25) is 9.78 Å². The first kappa shape index (κ1) is 31.7. The molecule has 0 fully saturated rings. The summed E-state index contributed by atoms with van der Waals surface area (Å²) in [7, 11) is -3.63. The second-order valence-electron chi connectivity index (χ2n) is 10.3. The molecule has 224 valence electrons. The number of aromatic nitrogens is 1. The zero-order valence-corrected chi connectivity index (χ0v) is 24.5. The van der Waals surface area contributed by atoms with Crippen molar-refractivity contribution in [3.63, 3.8) is 0 Å². The van der Waals surface area contributed by atoms with Gasteiger partial charge in [0.1, 0.15) is 16.9 Å². The molecule has 2 aromatic carbocycles. The van der Waals surface area contributed by atoms with E-state index in [9.17, 15) is 27.1 Å². The molecule has 0 saturated heterocycles. The van der Waals surface area contributed by atoms with Gasteiger partial charge in [0.05, 0.1) is 24.2 Å². The third kappa shape index (κ3) is 9.14. The quantitative estimate of drug-likeness (QED) is 0.189. The predicted molar refractivity (Wildman–Crippen MR) is 159 cm³/mol. The van der Waals surface area contributed by atoms with Gasteiger partial charge in [-0.25, -0.2) is 21.9 Å². The molecule has 4 rings (SSSR count). The second-order valence-corrected chi connectivity index (χ2v) is 12.6. The van der Waals surface area contributed by atoms with Crippen LogP contribution in [0.4, 0.5) is 14.5 Å². The summed E-state index contributed by atoms with van der Waals surface area (Å²) in [6.07, 6.45) is 5.09. The molecule has 1 amide bonds. The lowest BCUT2D eigenvalue weighted by atomic mass is 9.88. The number of carbonyl (C=O) groups is 1. The van der Waals surface area contributed by atoms with Crippen LogP contribution in [0, 0.1) is 11.6 Å². The molecular weight excluding hydrogens is 586 g/mol. The monoisotopic (exact) mass is 618 g/mol. The van der Waals surface area contributed by atoms with Crippen molar-refractivity contribution in [3.05, 3.63) is 106 Å². The Morgan fingerprint density at radius 2 is 1.81 bits per heavy atom. The number of aliphatic hydroxyl groups excluding tert-OH is 1. The summed E-state index contributed by atoms with van der Waals surface area (Å²) in [4.78, 5) is 17.2. The van der Waals surface area contributed by atoms with E-state index < -0.39 is 50.9 Å². The maximum absolute atomic E-state index is 15.0. The summed E-state index contributed by atoms with van der Waals surface area (Å²) >= 11 is 6.04. The van der Waals surface area contributed by atoms with Gasteiger partial charge in [0.2, 0.25) is 15.9 Å². The third-order valence-electron chi connectivity index (χ3n) is 6.80. The lowest BCUT2D eigenvalue weighted by Crippen LogP contribution is -2.45. The molecule has 3 aromatic rings. The van der Waals surface area contributed by atoms with E-state index in [1.807, 2.05) is 0 Å². The van der Waals surface area contributed by atoms with Crippen LogP contribution in [0.2, 0.25) is 5.02 Å². The molecular formula is C30H33ClF2N4O4S. The van der Waals surface area contributed by atoms with Gasteiger partial charge in [-0.05, 0) is 55.2 Å². The summed E-state index contributed by atoms with van der Waals surface area (Å²) in [6, 6.07) is 12.3. The number of hydrogen-bond donors (Lipinski definition) is 4. The topological polar surface area (TPSA) is 120 Å². The number of nitrogens with zero attached hydrogens (tertiary/aromatic N) is 1. The molecule has 1 aliphatic rings. The van der Waals surface area contributed by atoms with E-state index in [-0.39, 0.29) is 43.6 Å². The number of hydrogen-bond acceptors (Lipinski definition) is 6. The Hall–Kier alpha value is -3.22. The van der Waals surface area contributed by atoms with Crippen molar-refractivity contribution in [2.24, 2.45) is 0 Å². The van der Waals surface area contributed by atoms with Crippen molar-refractivity contribution in [2.45, 2.75) is 49.5 Å². The van der Waals surface area contributed by atoms with Crippen LogP contribution in [0.5, 0.6) is 0 Å². The molecule has 0 spiro atoms. The number of sulfonamides is 1. The van der Waals surface area contributed by atoms with Gasteiger partial charge in [0.15, 0.2) is 0 Å². The summed E-state index contributed by atoms with van der Waals surface area (Å²) in [5.41, 5.74) is 1.69. The molecule has 1 heterocycles. The third-order valence-corrected chi connectivity index (χ3v) is 8.75. The number of benzene rings is 2. The Bertz CT molecular complexity index is 1510. The standard InChI is InChI=1S/C30H33ClF2N4O4S/c1-19(38)15-34-16-24(37-42(40,41)25-10-11-25)9-12-26-28(33)17-35-18-29(26)36-30(39)14-27(20-5-7-22(31)8-6-20)21-3-2-4-23(32)13-21/h2-8,10-11,13,17-19,24-25,27,34,37-38H,9,12,14-16H2,1H3,(H,36,39)/t19?,24-,27-/m0/s1. The maximum atomic E-state index is 15.0. The molecule has 1 aliphatic carbocycles. The Morgan fingerprint density at radius 3 is 2.48 bits per heavy atom. The number of aliphatic hydroxyl groups is 1. The Kier molecular flexibility index (Phi) is 10.8. The van der Waals surface area contributed by atoms with E-state index in [0.717, 1.165) is 11.8 Å². The zero-order valence-electron chi connectivity index (χ0n) is 22.9. The molecule has 8 nitrogen and oxygen atoms in total. The molecule has 0 bridgehead atoms. The van der Waals surface area contributed by atoms with E-state index in [1.54, 1.807) is 55.5 Å². The first-order valence-corrected chi connectivity index (χ1v) is 15.5. The van der Waals surface area contributed by atoms with Crippen molar-refractivity contribution >= 4 is 33.2 Å². The molecule has 12 heteroatoms. The number of carbonyl (C=O) groups excluding carboxylic acids is 1. The first-order valence-electron chi connectivity index (χ1n) is 13.5. The van der Waals surface area contributed by atoms with Crippen LogP contribution in [-0.2, 0) is 21.2 Å². The van der Waals surface area contributed by atoms with Crippen molar-refractivity contribution in [3.8, 4) is 0 Å².